The highest BCUT2D eigenvalue weighted by Crippen LogP contribution is 2.13. The minimum absolute atomic E-state index is 0.280. The molecule has 0 amide bonds. The van der Waals surface area contributed by atoms with Gasteiger partial charge in [0.25, 0.3) is 0 Å². The molecule has 0 aliphatic carbocycles. The molecular formula is C9H20NO2. The van der Waals surface area contributed by atoms with Crippen LogP contribution in [0.1, 0.15) is 20.8 Å². The second-order valence-electron chi connectivity index (χ2n) is 4.02. The molecule has 0 rings (SSSR count). The van der Waals surface area contributed by atoms with Crippen molar-refractivity contribution in [2.45, 2.75) is 20.8 Å². The zero-order chi connectivity index (χ0) is 10.4. The van der Waals surface area contributed by atoms with Crippen LogP contribution in [0, 0.1) is 12.5 Å². The van der Waals surface area contributed by atoms with Gasteiger partial charge in [0.15, 0.2) is 0 Å². The Kier molecular flexibility index (Phi) is 6.99. The molecule has 0 aliphatic rings. The molecule has 12 heavy (non-hydrogen) atoms. The van der Waals surface area contributed by atoms with E-state index in [2.05, 4.69) is 11.8 Å². The van der Waals surface area contributed by atoms with Crippen molar-refractivity contribution in [2.24, 2.45) is 5.41 Å². The molecule has 73 valence electrons. The van der Waals surface area contributed by atoms with Crippen molar-refractivity contribution < 1.29 is 9.53 Å². The molecule has 3 nitrogen and oxygen atoms in total. The van der Waals surface area contributed by atoms with Crippen LogP contribution < -0.4 is 0 Å². The van der Waals surface area contributed by atoms with Crippen molar-refractivity contribution >= 4 is 5.97 Å². The summed E-state index contributed by atoms with van der Waals surface area (Å²) in [7, 11) is 9.00. The summed E-state index contributed by atoms with van der Waals surface area (Å²) in [6.45, 7) is 5.33. The minimum Gasteiger partial charge on any atom is -0.462 e. The molecule has 0 saturated carbocycles. The van der Waals surface area contributed by atoms with Crippen LogP contribution in [0.4, 0.5) is 0 Å². The fourth-order valence-corrected chi connectivity index (χ4v) is 0.217. The van der Waals surface area contributed by atoms with E-state index in [0.29, 0.717) is 0 Å². The maximum atomic E-state index is 10.5. The predicted molar refractivity (Wildman–Crippen MR) is 50.5 cm³/mol. The van der Waals surface area contributed by atoms with Gasteiger partial charge in [0.2, 0.25) is 0 Å². The maximum Gasteiger partial charge on any atom is 0.311 e. The maximum absolute atomic E-state index is 10.5. The molecule has 0 unspecified atom stereocenters. The average Bonchev–Trinajstić information content (AvgIpc) is 1.82. The Hall–Kier alpha value is -0.570. The molecule has 0 aromatic heterocycles. The van der Waals surface area contributed by atoms with Crippen molar-refractivity contribution in [3.63, 3.8) is 0 Å². The molecule has 0 saturated heterocycles. The third kappa shape index (κ3) is 12.1. The Morgan fingerprint density at radius 2 is 1.50 bits per heavy atom. The number of carbonyl (C=O) groups excluding carboxylic acids is 1. The number of carbonyl (C=O) groups is 1. The fourth-order valence-electron chi connectivity index (χ4n) is 0.217. The van der Waals surface area contributed by atoms with E-state index >= 15 is 0 Å². The summed E-state index contributed by atoms with van der Waals surface area (Å²) in [5.74, 6) is -0.280. The summed E-state index contributed by atoms with van der Waals surface area (Å²) >= 11 is 0. The molecule has 3 heteroatoms. The summed E-state index contributed by atoms with van der Waals surface area (Å²) in [5, 5.41) is 0. The van der Waals surface area contributed by atoms with Crippen LogP contribution in [0.5, 0.6) is 0 Å². The zero-order valence-corrected chi connectivity index (χ0v) is 8.97. The van der Waals surface area contributed by atoms with E-state index in [4.69, 9.17) is 0 Å². The number of ether oxygens (including phenoxy) is 1. The SMILES string of the molecule is CN(C)C.[CH2]OC(=O)C(C)(C)C. The smallest absolute Gasteiger partial charge is 0.311 e. The number of esters is 1. The van der Waals surface area contributed by atoms with Gasteiger partial charge in [-0.1, -0.05) is 0 Å². The second kappa shape index (κ2) is 6.00. The summed E-state index contributed by atoms with van der Waals surface area (Å²) in [6, 6.07) is 0. The van der Waals surface area contributed by atoms with Gasteiger partial charge in [0.1, 0.15) is 7.11 Å². The first-order valence-electron chi connectivity index (χ1n) is 3.79. The summed E-state index contributed by atoms with van der Waals surface area (Å²) in [5.41, 5.74) is -0.415. The molecule has 0 spiro atoms. The first kappa shape index (κ1) is 14.0. The van der Waals surface area contributed by atoms with Crippen LogP contribution in [0.25, 0.3) is 0 Å². The van der Waals surface area contributed by atoms with Crippen LogP contribution in [0.3, 0.4) is 0 Å². The van der Waals surface area contributed by atoms with Gasteiger partial charge in [-0.25, -0.2) is 0 Å². The monoisotopic (exact) mass is 174 g/mol. The largest absolute Gasteiger partial charge is 0.462 e. The highest BCUT2D eigenvalue weighted by Gasteiger charge is 2.21. The topological polar surface area (TPSA) is 29.5 Å². The summed E-state index contributed by atoms with van der Waals surface area (Å²) in [4.78, 5) is 12.5. The van der Waals surface area contributed by atoms with E-state index in [1.54, 1.807) is 20.8 Å². The first-order chi connectivity index (χ1) is 5.21. The van der Waals surface area contributed by atoms with E-state index in [1.807, 2.05) is 26.0 Å². The van der Waals surface area contributed by atoms with Gasteiger partial charge in [-0.3, -0.25) is 4.79 Å². The normalized spacial score (nSPS) is 10.3. The number of rotatable bonds is 0. The third-order valence-electron chi connectivity index (χ3n) is 0.743. The van der Waals surface area contributed by atoms with Crippen molar-refractivity contribution in [3.8, 4) is 0 Å². The minimum atomic E-state index is -0.415. The summed E-state index contributed by atoms with van der Waals surface area (Å²) in [6.07, 6.45) is 0. The molecule has 0 aliphatic heterocycles. The van der Waals surface area contributed by atoms with E-state index in [9.17, 15) is 4.79 Å². The Morgan fingerprint density at radius 1 is 1.25 bits per heavy atom. The number of nitrogens with zero attached hydrogens (tertiary/aromatic N) is 1. The third-order valence-corrected chi connectivity index (χ3v) is 0.743. The molecular weight excluding hydrogens is 154 g/mol. The van der Waals surface area contributed by atoms with Crippen molar-refractivity contribution in [1.29, 1.82) is 0 Å². The zero-order valence-electron chi connectivity index (χ0n) is 8.97. The standard InChI is InChI=1S/C6H11O2.C3H9N/c1-6(2,3)5(7)8-4;1-4(2)3/h4H2,1-3H3;1-3H3. The van der Waals surface area contributed by atoms with E-state index in [1.165, 1.54) is 0 Å². The molecule has 0 bridgehead atoms. The van der Waals surface area contributed by atoms with Gasteiger partial charge in [-0.15, -0.1) is 0 Å². The van der Waals surface area contributed by atoms with E-state index in [-0.39, 0.29) is 5.97 Å². The lowest BCUT2D eigenvalue weighted by atomic mass is 9.98. The van der Waals surface area contributed by atoms with Crippen LogP contribution in [0.15, 0.2) is 0 Å². The van der Waals surface area contributed by atoms with Crippen molar-refractivity contribution in [2.75, 3.05) is 21.1 Å². The van der Waals surface area contributed by atoms with Gasteiger partial charge in [-0.05, 0) is 41.9 Å². The molecule has 0 fully saturated rings. The summed E-state index contributed by atoms with van der Waals surface area (Å²) < 4.78 is 4.23. The van der Waals surface area contributed by atoms with Crippen LogP contribution in [-0.4, -0.2) is 32.0 Å². The average molecular weight is 174 g/mol. The first-order valence-corrected chi connectivity index (χ1v) is 3.79. The number of hydrogen-bond acceptors (Lipinski definition) is 3. The highest BCUT2D eigenvalue weighted by molar-refractivity contribution is 5.75. The van der Waals surface area contributed by atoms with E-state index < -0.39 is 5.41 Å². The van der Waals surface area contributed by atoms with Gasteiger partial charge in [-0.2, -0.15) is 0 Å². The van der Waals surface area contributed by atoms with Crippen LogP contribution in [0.2, 0.25) is 0 Å². The van der Waals surface area contributed by atoms with Crippen molar-refractivity contribution in [1.82, 2.24) is 4.90 Å². The van der Waals surface area contributed by atoms with Crippen LogP contribution in [-0.2, 0) is 9.53 Å². The molecule has 0 aromatic rings. The molecule has 0 atom stereocenters. The molecule has 0 heterocycles. The molecule has 1 radical (unpaired) electrons. The Morgan fingerprint density at radius 3 is 1.50 bits per heavy atom. The predicted octanol–water partition coefficient (Wildman–Crippen LogP) is 1.55. The Labute approximate surface area is 75.7 Å². The van der Waals surface area contributed by atoms with Gasteiger partial charge in [0.05, 0.1) is 5.41 Å². The Bertz CT molecular complexity index is 122. The van der Waals surface area contributed by atoms with E-state index in [0.717, 1.165) is 0 Å². The van der Waals surface area contributed by atoms with Crippen molar-refractivity contribution in [3.05, 3.63) is 7.11 Å². The van der Waals surface area contributed by atoms with Crippen LogP contribution >= 0.6 is 0 Å². The lowest BCUT2D eigenvalue weighted by molar-refractivity contribution is -0.147. The van der Waals surface area contributed by atoms with Gasteiger partial charge < -0.3 is 9.64 Å². The van der Waals surface area contributed by atoms with Gasteiger partial charge in [0, 0.05) is 0 Å². The quantitative estimate of drug-likeness (QED) is 0.522. The lowest BCUT2D eigenvalue weighted by Gasteiger charge is -2.12. The number of hydrogen-bond donors (Lipinski definition) is 0. The molecule has 0 N–H and O–H groups in total. The fraction of sp³-hybridized carbons (Fsp3) is 0.778. The molecule has 0 aromatic carbocycles. The lowest BCUT2D eigenvalue weighted by Crippen LogP contribution is -2.20. The van der Waals surface area contributed by atoms with Gasteiger partial charge >= 0.3 is 5.97 Å². The highest BCUT2D eigenvalue weighted by atomic mass is 16.5. The second-order valence-corrected chi connectivity index (χ2v) is 4.02. The Balaban J connectivity index is 0.